The number of halogens is 2. The van der Waals surface area contributed by atoms with Gasteiger partial charge in [-0.15, -0.1) is 0 Å². The zero-order chi connectivity index (χ0) is 14.8. The van der Waals surface area contributed by atoms with Crippen molar-refractivity contribution in [3.63, 3.8) is 0 Å². The minimum absolute atomic E-state index is 0.00220. The molecule has 1 amide bonds. The Labute approximate surface area is 134 Å². The molecule has 2 fully saturated rings. The molecule has 1 heterocycles. The van der Waals surface area contributed by atoms with Gasteiger partial charge in [0, 0.05) is 5.92 Å². The van der Waals surface area contributed by atoms with Crippen molar-refractivity contribution >= 4 is 34.8 Å². The lowest BCUT2D eigenvalue weighted by molar-refractivity contribution is -0.122. The number of nitrogens with zero attached hydrogens (tertiary/aromatic N) is 2. The van der Waals surface area contributed by atoms with E-state index in [4.69, 9.17) is 23.2 Å². The highest BCUT2D eigenvalue weighted by molar-refractivity contribution is 6.38. The number of nitrogens with one attached hydrogen (secondary N) is 1. The van der Waals surface area contributed by atoms with Gasteiger partial charge in [-0.2, -0.15) is 0 Å². The lowest BCUT2D eigenvalue weighted by atomic mass is 9.67. The van der Waals surface area contributed by atoms with E-state index < -0.39 is 0 Å². The topological polar surface area (TPSA) is 54.9 Å². The maximum Gasteiger partial charge on any atom is 0.227 e. The highest BCUT2D eigenvalue weighted by Crippen LogP contribution is 2.43. The molecule has 6 heteroatoms. The number of carbonyl (C=O) groups is 1. The molecule has 0 spiro atoms. The molecule has 0 bridgehead atoms. The largest absolute Gasteiger partial charge is 0.321 e. The molecule has 0 saturated heterocycles. The Bertz CT molecular complexity index is 517. The molecule has 3 unspecified atom stereocenters. The Hall–Kier alpha value is -0.870. The first kappa shape index (κ1) is 15.0. The van der Waals surface area contributed by atoms with Crippen LogP contribution < -0.4 is 5.32 Å². The Balaban J connectivity index is 1.66. The van der Waals surface area contributed by atoms with E-state index in [1.807, 2.05) is 0 Å². The molecular formula is C15H19Cl2N3O. The van der Waals surface area contributed by atoms with Gasteiger partial charge in [0.25, 0.3) is 0 Å². The maximum atomic E-state index is 12.5. The monoisotopic (exact) mass is 327 g/mol. The molecule has 21 heavy (non-hydrogen) atoms. The van der Waals surface area contributed by atoms with E-state index in [9.17, 15) is 4.79 Å². The third-order valence-corrected chi connectivity index (χ3v) is 5.49. The van der Waals surface area contributed by atoms with Gasteiger partial charge in [0.05, 0.1) is 0 Å². The van der Waals surface area contributed by atoms with Crippen LogP contribution in [-0.4, -0.2) is 15.9 Å². The highest BCUT2D eigenvalue weighted by Gasteiger charge is 2.35. The van der Waals surface area contributed by atoms with Gasteiger partial charge in [0.1, 0.15) is 12.0 Å². The summed E-state index contributed by atoms with van der Waals surface area (Å²) in [5.74, 6) is 1.59. The van der Waals surface area contributed by atoms with Crippen LogP contribution in [-0.2, 0) is 4.79 Å². The molecule has 3 atom stereocenters. The third kappa shape index (κ3) is 3.32. The number of anilines is 1. The number of rotatable bonds is 2. The fraction of sp³-hybridized carbons (Fsp3) is 0.667. The van der Waals surface area contributed by atoms with Gasteiger partial charge >= 0.3 is 0 Å². The summed E-state index contributed by atoms with van der Waals surface area (Å²) in [6.45, 7) is 0. The lowest BCUT2D eigenvalue weighted by Gasteiger charge is -2.38. The molecule has 2 aliphatic carbocycles. The van der Waals surface area contributed by atoms with Crippen molar-refractivity contribution < 1.29 is 4.79 Å². The van der Waals surface area contributed by atoms with Crippen LogP contribution >= 0.6 is 23.2 Å². The molecule has 114 valence electrons. The van der Waals surface area contributed by atoms with Crippen LogP contribution in [0, 0.1) is 17.8 Å². The summed E-state index contributed by atoms with van der Waals surface area (Å²) in [4.78, 5) is 20.2. The van der Waals surface area contributed by atoms with Crippen molar-refractivity contribution in [2.75, 3.05) is 5.32 Å². The van der Waals surface area contributed by atoms with Gasteiger partial charge in [0.15, 0.2) is 10.3 Å². The zero-order valence-electron chi connectivity index (χ0n) is 11.8. The second-order valence-electron chi connectivity index (χ2n) is 6.13. The van der Waals surface area contributed by atoms with Crippen LogP contribution in [0.4, 0.5) is 5.69 Å². The maximum absolute atomic E-state index is 12.5. The Morgan fingerprint density at radius 2 is 1.71 bits per heavy atom. The second-order valence-corrected chi connectivity index (χ2v) is 6.85. The fourth-order valence-electron chi connectivity index (χ4n) is 3.78. The first-order valence-corrected chi connectivity index (χ1v) is 8.37. The minimum atomic E-state index is -0.00220. The number of hydrogen-bond donors (Lipinski definition) is 1. The predicted molar refractivity (Wildman–Crippen MR) is 83.5 cm³/mol. The number of hydrogen-bond acceptors (Lipinski definition) is 3. The van der Waals surface area contributed by atoms with Gasteiger partial charge in [-0.1, -0.05) is 48.9 Å². The van der Waals surface area contributed by atoms with Crippen LogP contribution in [0.2, 0.25) is 10.3 Å². The van der Waals surface area contributed by atoms with E-state index in [1.165, 1.54) is 32.0 Å². The van der Waals surface area contributed by atoms with E-state index in [2.05, 4.69) is 15.3 Å². The summed E-state index contributed by atoms with van der Waals surface area (Å²) in [5, 5.41) is 3.19. The second kappa shape index (κ2) is 6.49. The molecule has 0 aromatic carbocycles. The van der Waals surface area contributed by atoms with Crippen LogP contribution in [0.25, 0.3) is 0 Å². The zero-order valence-corrected chi connectivity index (χ0v) is 13.3. The quantitative estimate of drug-likeness (QED) is 0.822. The summed E-state index contributed by atoms with van der Waals surface area (Å²) in [5.41, 5.74) is 0.330. The van der Waals surface area contributed by atoms with E-state index in [1.54, 1.807) is 0 Å². The first-order valence-electron chi connectivity index (χ1n) is 7.62. The van der Waals surface area contributed by atoms with Crippen molar-refractivity contribution in [2.24, 2.45) is 17.8 Å². The van der Waals surface area contributed by atoms with Gasteiger partial charge in [-0.05, 0) is 31.1 Å². The van der Waals surface area contributed by atoms with Crippen LogP contribution in [0.15, 0.2) is 6.33 Å². The molecule has 1 N–H and O–H groups in total. The van der Waals surface area contributed by atoms with E-state index >= 15 is 0 Å². The smallest absolute Gasteiger partial charge is 0.227 e. The van der Waals surface area contributed by atoms with Crippen molar-refractivity contribution in [1.29, 1.82) is 0 Å². The molecule has 1 aromatic rings. The lowest BCUT2D eigenvalue weighted by Crippen LogP contribution is -2.34. The van der Waals surface area contributed by atoms with Crippen molar-refractivity contribution in [1.82, 2.24) is 9.97 Å². The summed E-state index contributed by atoms with van der Waals surface area (Å²) in [6.07, 6.45) is 9.65. The number of aromatic nitrogens is 2. The van der Waals surface area contributed by atoms with Crippen LogP contribution in [0.1, 0.15) is 44.9 Å². The average Bonchev–Trinajstić information content (AvgIpc) is 2.50. The van der Waals surface area contributed by atoms with Gasteiger partial charge in [0.2, 0.25) is 5.91 Å². The molecule has 3 rings (SSSR count). The number of carbonyl (C=O) groups excluding carboxylic acids is 1. The molecule has 4 nitrogen and oxygen atoms in total. The van der Waals surface area contributed by atoms with Crippen molar-refractivity contribution in [3.8, 4) is 0 Å². The summed E-state index contributed by atoms with van der Waals surface area (Å²) in [6, 6.07) is 0. The van der Waals surface area contributed by atoms with Crippen molar-refractivity contribution in [2.45, 2.75) is 44.9 Å². The Kier molecular flexibility index (Phi) is 4.65. The standard InChI is InChI=1S/C15H19Cl2N3O/c16-13-12(14(17)19-8-18-13)20-15(21)11-6-5-9-3-1-2-4-10(9)7-11/h8-11H,1-7H2,(H,20,21). The fourth-order valence-corrected chi connectivity index (χ4v) is 4.19. The normalized spacial score (nSPS) is 28.8. The van der Waals surface area contributed by atoms with E-state index in [0.29, 0.717) is 11.6 Å². The van der Waals surface area contributed by atoms with Gasteiger partial charge in [-0.3, -0.25) is 4.79 Å². The molecule has 2 saturated carbocycles. The van der Waals surface area contributed by atoms with Crippen molar-refractivity contribution in [3.05, 3.63) is 16.6 Å². The molecule has 1 aromatic heterocycles. The predicted octanol–water partition coefficient (Wildman–Crippen LogP) is 4.33. The Morgan fingerprint density at radius 3 is 2.43 bits per heavy atom. The molecule has 2 aliphatic rings. The minimum Gasteiger partial charge on any atom is -0.321 e. The van der Waals surface area contributed by atoms with E-state index in [0.717, 1.165) is 25.2 Å². The SMILES string of the molecule is O=C(Nc1c(Cl)ncnc1Cl)C1CCC2CCCCC2C1. The summed E-state index contributed by atoms with van der Waals surface area (Å²) in [7, 11) is 0. The third-order valence-electron chi connectivity index (χ3n) is 4.91. The molecule has 0 aliphatic heterocycles. The molecule has 0 radical (unpaired) electrons. The summed E-state index contributed by atoms with van der Waals surface area (Å²) < 4.78 is 0. The highest BCUT2D eigenvalue weighted by atomic mass is 35.5. The van der Waals surface area contributed by atoms with Gasteiger partial charge < -0.3 is 5.32 Å². The molecular weight excluding hydrogens is 309 g/mol. The summed E-state index contributed by atoms with van der Waals surface area (Å²) >= 11 is 11.9. The average molecular weight is 328 g/mol. The van der Waals surface area contributed by atoms with Crippen LogP contribution in [0.5, 0.6) is 0 Å². The Morgan fingerprint density at radius 1 is 1.05 bits per heavy atom. The van der Waals surface area contributed by atoms with Gasteiger partial charge in [-0.25, -0.2) is 9.97 Å². The van der Waals surface area contributed by atoms with Crippen LogP contribution in [0.3, 0.4) is 0 Å². The number of fused-ring (bicyclic) bond motifs is 1. The first-order chi connectivity index (χ1) is 10.1. The number of amides is 1. The van der Waals surface area contributed by atoms with E-state index in [-0.39, 0.29) is 22.1 Å².